The molecule has 136 valence electrons. The maximum atomic E-state index is 13.7. The van der Waals surface area contributed by atoms with Crippen molar-refractivity contribution in [3.05, 3.63) is 74.7 Å². The molecule has 2 aromatic carbocycles. The fourth-order valence-electron chi connectivity index (χ4n) is 3.32. The molecule has 0 bridgehead atoms. The lowest BCUT2D eigenvalue weighted by atomic mass is 9.88. The second-order valence-corrected chi connectivity index (χ2v) is 7.71. The van der Waals surface area contributed by atoms with Crippen LogP contribution in [0.5, 0.6) is 0 Å². The van der Waals surface area contributed by atoms with Gasteiger partial charge >= 0.3 is 5.97 Å². The number of carbonyl (C=O) groups is 2. The average molecular weight is 402 g/mol. The molecule has 0 unspecified atom stereocenters. The van der Waals surface area contributed by atoms with E-state index >= 15 is 0 Å². The molecule has 1 aliphatic heterocycles. The van der Waals surface area contributed by atoms with E-state index in [4.69, 9.17) is 11.6 Å². The molecule has 27 heavy (non-hydrogen) atoms. The van der Waals surface area contributed by atoms with E-state index in [1.807, 2.05) is 12.1 Å². The molecule has 2 N–H and O–H groups in total. The predicted octanol–water partition coefficient (Wildman–Crippen LogP) is 5.38. The zero-order chi connectivity index (χ0) is 19.1. The molecule has 1 aliphatic rings. The molecular weight excluding hydrogens is 389 g/mol. The monoisotopic (exact) mass is 401 g/mol. The highest BCUT2D eigenvalue weighted by molar-refractivity contribution is 7.15. The van der Waals surface area contributed by atoms with Crippen molar-refractivity contribution in [3.8, 4) is 11.1 Å². The smallest absolute Gasteiger partial charge is 0.346 e. The molecule has 4 rings (SSSR count). The van der Waals surface area contributed by atoms with Gasteiger partial charge in [0.1, 0.15) is 10.7 Å². The molecule has 0 radical (unpaired) electrons. The van der Waals surface area contributed by atoms with Crippen LogP contribution in [0.3, 0.4) is 0 Å². The van der Waals surface area contributed by atoms with Crippen LogP contribution >= 0.6 is 22.9 Å². The van der Waals surface area contributed by atoms with E-state index in [9.17, 15) is 19.1 Å². The molecule has 4 nitrogen and oxygen atoms in total. The summed E-state index contributed by atoms with van der Waals surface area (Å²) < 4.78 is 13.7. The number of carboxylic acid groups (broad SMARTS) is 1. The van der Waals surface area contributed by atoms with Crippen LogP contribution in [0.15, 0.2) is 48.5 Å². The number of halogens is 2. The number of benzene rings is 2. The molecule has 1 aromatic heterocycles. The van der Waals surface area contributed by atoms with Crippen molar-refractivity contribution in [1.82, 2.24) is 0 Å². The Balaban J connectivity index is 1.94. The summed E-state index contributed by atoms with van der Waals surface area (Å²) in [4.78, 5) is 25.0. The van der Waals surface area contributed by atoms with Gasteiger partial charge in [0.15, 0.2) is 0 Å². The van der Waals surface area contributed by atoms with E-state index in [1.165, 1.54) is 18.2 Å². The molecule has 0 spiro atoms. The van der Waals surface area contributed by atoms with Crippen LogP contribution in [0.2, 0.25) is 5.02 Å². The lowest BCUT2D eigenvalue weighted by Crippen LogP contribution is -2.22. The number of nitrogens with one attached hydrogen (secondary N) is 1. The second-order valence-electron chi connectivity index (χ2n) is 6.22. The Morgan fingerprint density at radius 1 is 1.22 bits per heavy atom. The van der Waals surface area contributed by atoms with Gasteiger partial charge in [0.25, 0.3) is 0 Å². The minimum absolute atomic E-state index is 0.0757. The first-order chi connectivity index (χ1) is 12.9. The van der Waals surface area contributed by atoms with Gasteiger partial charge in [-0.2, -0.15) is 0 Å². The summed E-state index contributed by atoms with van der Waals surface area (Å²) in [5.74, 6) is -2.08. The molecule has 0 saturated heterocycles. The van der Waals surface area contributed by atoms with E-state index in [1.54, 1.807) is 18.2 Å². The number of thiophene rings is 1. The van der Waals surface area contributed by atoms with Crippen LogP contribution in [0, 0.1) is 5.82 Å². The Hall–Kier alpha value is -2.70. The highest BCUT2D eigenvalue weighted by Crippen LogP contribution is 2.49. The minimum atomic E-state index is -1.11. The number of rotatable bonds is 3. The molecular formula is C20H13ClFNO3S. The standard InChI is InChI=1S/C20H13ClFNO3S/c21-12-6-4-10(5-7-12)14-9-15(24)23-17-16(11-2-1-3-13(22)8-11)19(20(25)26)27-18(14)17/h1-8,14H,9H2,(H,23,24)(H,25,26)/t14-/m0/s1. The van der Waals surface area contributed by atoms with Gasteiger partial charge in [-0.25, -0.2) is 9.18 Å². The number of aromatic carboxylic acids is 1. The number of anilines is 1. The number of carboxylic acids is 1. The quantitative estimate of drug-likeness (QED) is 0.619. The number of hydrogen-bond donors (Lipinski definition) is 2. The summed E-state index contributed by atoms with van der Waals surface area (Å²) in [6, 6.07) is 12.8. The van der Waals surface area contributed by atoms with Gasteiger partial charge in [-0.3, -0.25) is 4.79 Å². The van der Waals surface area contributed by atoms with Crippen molar-refractivity contribution in [2.75, 3.05) is 5.32 Å². The van der Waals surface area contributed by atoms with Gasteiger partial charge in [-0.05, 0) is 35.4 Å². The first-order valence-electron chi connectivity index (χ1n) is 8.15. The molecule has 1 amide bonds. The number of amides is 1. The summed E-state index contributed by atoms with van der Waals surface area (Å²) in [5.41, 5.74) is 2.08. The zero-order valence-corrected chi connectivity index (χ0v) is 15.4. The van der Waals surface area contributed by atoms with Crippen molar-refractivity contribution in [3.63, 3.8) is 0 Å². The SMILES string of the molecule is O=C1C[C@@H](c2ccc(Cl)cc2)c2sc(C(=O)O)c(-c3cccc(F)c3)c2N1. The van der Waals surface area contributed by atoms with Gasteiger partial charge < -0.3 is 10.4 Å². The molecule has 0 aliphatic carbocycles. The van der Waals surface area contributed by atoms with E-state index in [2.05, 4.69) is 5.32 Å². The normalized spacial score (nSPS) is 15.9. The van der Waals surface area contributed by atoms with Gasteiger partial charge in [-0.15, -0.1) is 11.3 Å². The lowest BCUT2D eigenvalue weighted by Gasteiger charge is -2.24. The van der Waals surface area contributed by atoms with Crippen LogP contribution in [0.25, 0.3) is 11.1 Å². The third-order valence-electron chi connectivity index (χ3n) is 4.49. The van der Waals surface area contributed by atoms with Crippen molar-refractivity contribution in [1.29, 1.82) is 0 Å². The summed E-state index contributed by atoms with van der Waals surface area (Å²) >= 11 is 7.07. The second kappa shape index (κ2) is 6.79. The van der Waals surface area contributed by atoms with Crippen LogP contribution in [-0.4, -0.2) is 17.0 Å². The highest BCUT2D eigenvalue weighted by atomic mass is 35.5. The third kappa shape index (κ3) is 3.22. The summed E-state index contributed by atoms with van der Waals surface area (Å²) in [5, 5.41) is 13.1. The first kappa shape index (κ1) is 17.7. The Kier molecular flexibility index (Phi) is 4.45. The number of fused-ring (bicyclic) bond motifs is 1. The maximum absolute atomic E-state index is 13.7. The van der Waals surface area contributed by atoms with E-state index < -0.39 is 11.8 Å². The van der Waals surface area contributed by atoms with Crippen molar-refractivity contribution >= 4 is 40.5 Å². The predicted molar refractivity (Wildman–Crippen MR) is 103 cm³/mol. The summed E-state index contributed by atoms with van der Waals surface area (Å²) in [6.07, 6.45) is 0.205. The third-order valence-corrected chi connectivity index (χ3v) is 6.03. The number of hydrogen-bond acceptors (Lipinski definition) is 3. The van der Waals surface area contributed by atoms with Crippen LogP contribution in [0.4, 0.5) is 10.1 Å². The van der Waals surface area contributed by atoms with Crippen molar-refractivity contribution in [2.24, 2.45) is 0 Å². The Morgan fingerprint density at radius 3 is 2.63 bits per heavy atom. The topological polar surface area (TPSA) is 66.4 Å². The minimum Gasteiger partial charge on any atom is -0.477 e. The highest BCUT2D eigenvalue weighted by Gasteiger charge is 2.34. The van der Waals surface area contributed by atoms with E-state index in [-0.39, 0.29) is 23.1 Å². The first-order valence-corrected chi connectivity index (χ1v) is 9.34. The molecule has 7 heteroatoms. The fraction of sp³-hybridized carbons (Fsp3) is 0.100. The maximum Gasteiger partial charge on any atom is 0.346 e. The zero-order valence-electron chi connectivity index (χ0n) is 13.8. The summed E-state index contributed by atoms with van der Waals surface area (Å²) in [7, 11) is 0. The average Bonchev–Trinajstić information content (AvgIpc) is 3.01. The molecule has 0 fully saturated rings. The largest absolute Gasteiger partial charge is 0.477 e. The van der Waals surface area contributed by atoms with Crippen LogP contribution < -0.4 is 5.32 Å². The van der Waals surface area contributed by atoms with Gasteiger partial charge in [-0.1, -0.05) is 35.9 Å². The van der Waals surface area contributed by atoms with E-state index in [0.717, 1.165) is 21.8 Å². The van der Waals surface area contributed by atoms with Gasteiger partial charge in [0.05, 0.1) is 5.69 Å². The lowest BCUT2D eigenvalue weighted by molar-refractivity contribution is -0.116. The van der Waals surface area contributed by atoms with Crippen molar-refractivity contribution in [2.45, 2.75) is 12.3 Å². The fourth-order valence-corrected chi connectivity index (χ4v) is 4.69. The Bertz CT molecular complexity index is 1060. The summed E-state index contributed by atoms with van der Waals surface area (Å²) in [6.45, 7) is 0. The van der Waals surface area contributed by atoms with Gasteiger partial charge in [0.2, 0.25) is 5.91 Å². The van der Waals surface area contributed by atoms with Crippen molar-refractivity contribution < 1.29 is 19.1 Å². The molecule has 2 heterocycles. The van der Waals surface area contributed by atoms with Gasteiger partial charge in [0, 0.05) is 27.8 Å². The number of carbonyl (C=O) groups excluding carboxylic acids is 1. The molecule has 3 aromatic rings. The molecule has 0 saturated carbocycles. The van der Waals surface area contributed by atoms with Crippen LogP contribution in [-0.2, 0) is 4.79 Å². The Labute approximate surface area is 163 Å². The van der Waals surface area contributed by atoms with Crippen LogP contribution in [0.1, 0.15) is 32.5 Å². The Morgan fingerprint density at radius 2 is 1.96 bits per heavy atom. The van der Waals surface area contributed by atoms with E-state index in [0.29, 0.717) is 21.8 Å². The molecule has 1 atom stereocenters.